The van der Waals surface area contributed by atoms with Gasteiger partial charge in [0.05, 0.1) is 15.7 Å². The average molecular weight is 364 g/mol. The zero-order valence-corrected chi connectivity index (χ0v) is 12.4. The molecular formula is C12H6BrCl2FN2O. The van der Waals surface area contributed by atoms with E-state index in [2.05, 4.69) is 26.2 Å². The predicted molar refractivity (Wildman–Crippen MR) is 76.3 cm³/mol. The number of pyridine rings is 1. The lowest BCUT2D eigenvalue weighted by atomic mass is 10.2. The summed E-state index contributed by atoms with van der Waals surface area (Å²) in [4.78, 5) is 15.9. The van der Waals surface area contributed by atoms with Crippen LogP contribution in [0, 0.1) is 5.82 Å². The minimum absolute atomic E-state index is 0.0338. The zero-order chi connectivity index (χ0) is 14.0. The van der Waals surface area contributed by atoms with Crippen molar-refractivity contribution in [3.8, 4) is 0 Å². The van der Waals surface area contributed by atoms with E-state index in [1.165, 1.54) is 12.3 Å². The Labute approximate surface area is 126 Å². The van der Waals surface area contributed by atoms with E-state index < -0.39 is 11.7 Å². The number of nitrogens with one attached hydrogen (secondary N) is 1. The highest BCUT2D eigenvalue weighted by molar-refractivity contribution is 9.10. The molecule has 98 valence electrons. The smallest absolute Gasteiger partial charge is 0.255 e. The Kier molecular flexibility index (Phi) is 4.39. The summed E-state index contributed by atoms with van der Waals surface area (Å²) < 4.78 is 13.6. The van der Waals surface area contributed by atoms with Crippen molar-refractivity contribution in [1.82, 2.24) is 4.98 Å². The number of halogens is 4. The van der Waals surface area contributed by atoms with Crippen LogP contribution in [0.5, 0.6) is 0 Å². The standard InChI is InChI=1S/C12H6BrCl2FN2O/c13-10-3-6(1-2-17-10)12(19)18-11-8(14)4-7(16)5-9(11)15/h1-5H,(H,18,19). The van der Waals surface area contributed by atoms with Gasteiger partial charge in [0.25, 0.3) is 5.91 Å². The van der Waals surface area contributed by atoms with Gasteiger partial charge in [0, 0.05) is 11.8 Å². The topological polar surface area (TPSA) is 42.0 Å². The third-order valence-corrected chi connectivity index (χ3v) is 3.26. The third-order valence-electron chi connectivity index (χ3n) is 2.23. The van der Waals surface area contributed by atoms with Crippen molar-refractivity contribution in [2.24, 2.45) is 0 Å². The number of rotatable bonds is 2. The van der Waals surface area contributed by atoms with Crippen molar-refractivity contribution in [3.05, 3.63) is 56.5 Å². The summed E-state index contributed by atoms with van der Waals surface area (Å²) in [6.45, 7) is 0. The second-order valence-electron chi connectivity index (χ2n) is 3.57. The van der Waals surface area contributed by atoms with Gasteiger partial charge in [-0.05, 0) is 40.2 Å². The van der Waals surface area contributed by atoms with Gasteiger partial charge >= 0.3 is 0 Å². The van der Waals surface area contributed by atoms with Crippen molar-refractivity contribution in [3.63, 3.8) is 0 Å². The van der Waals surface area contributed by atoms with Crippen LogP contribution in [0.1, 0.15) is 10.4 Å². The number of nitrogens with zero attached hydrogens (tertiary/aromatic N) is 1. The van der Waals surface area contributed by atoms with Crippen LogP contribution in [-0.4, -0.2) is 10.9 Å². The fourth-order valence-corrected chi connectivity index (χ4v) is 2.31. The highest BCUT2D eigenvalue weighted by atomic mass is 79.9. The lowest BCUT2D eigenvalue weighted by molar-refractivity contribution is 0.102. The number of carbonyl (C=O) groups is 1. The first-order chi connectivity index (χ1) is 8.97. The van der Waals surface area contributed by atoms with Gasteiger partial charge in [-0.3, -0.25) is 4.79 Å². The van der Waals surface area contributed by atoms with Crippen molar-refractivity contribution in [2.45, 2.75) is 0 Å². The van der Waals surface area contributed by atoms with Crippen LogP contribution in [0.2, 0.25) is 10.0 Å². The fourth-order valence-electron chi connectivity index (χ4n) is 1.39. The molecule has 19 heavy (non-hydrogen) atoms. The van der Waals surface area contributed by atoms with E-state index in [0.717, 1.165) is 12.1 Å². The summed E-state index contributed by atoms with van der Waals surface area (Å²) in [6, 6.07) is 5.23. The second-order valence-corrected chi connectivity index (χ2v) is 5.19. The van der Waals surface area contributed by atoms with E-state index in [1.54, 1.807) is 6.07 Å². The number of anilines is 1. The summed E-state index contributed by atoms with van der Waals surface area (Å²) in [6.07, 6.45) is 1.48. The quantitative estimate of drug-likeness (QED) is 0.795. The molecule has 0 saturated heterocycles. The molecule has 0 fully saturated rings. The van der Waals surface area contributed by atoms with E-state index >= 15 is 0 Å². The highest BCUT2D eigenvalue weighted by Crippen LogP contribution is 2.31. The molecule has 1 heterocycles. The van der Waals surface area contributed by atoms with Gasteiger partial charge in [0.15, 0.2) is 0 Å². The summed E-state index contributed by atoms with van der Waals surface area (Å²) in [7, 11) is 0. The van der Waals surface area contributed by atoms with E-state index in [1.807, 2.05) is 0 Å². The van der Waals surface area contributed by atoms with Crippen molar-refractivity contribution in [2.75, 3.05) is 5.32 Å². The lowest BCUT2D eigenvalue weighted by Gasteiger charge is -2.09. The summed E-state index contributed by atoms with van der Waals surface area (Å²) in [5.74, 6) is -0.988. The average Bonchev–Trinajstić information content (AvgIpc) is 2.33. The van der Waals surface area contributed by atoms with Gasteiger partial charge in [-0.1, -0.05) is 23.2 Å². The molecule has 2 aromatic rings. The Morgan fingerprint density at radius 3 is 2.47 bits per heavy atom. The first kappa shape index (κ1) is 14.2. The van der Waals surface area contributed by atoms with E-state index in [0.29, 0.717) is 10.2 Å². The molecule has 3 nitrogen and oxygen atoms in total. The Bertz CT molecular complexity index is 628. The molecule has 0 radical (unpaired) electrons. The lowest BCUT2D eigenvalue weighted by Crippen LogP contribution is -2.13. The minimum Gasteiger partial charge on any atom is -0.319 e. The monoisotopic (exact) mass is 362 g/mol. The van der Waals surface area contributed by atoms with Gasteiger partial charge in [-0.15, -0.1) is 0 Å². The molecule has 0 unspecified atom stereocenters. The Morgan fingerprint density at radius 1 is 1.26 bits per heavy atom. The Hall–Kier alpha value is -1.17. The predicted octanol–water partition coefficient (Wildman–Crippen LogP) is 4.54. The van der Waals surface area contributed by atoms with Gasteiger partial charge in [0.2, 0.25) is 0 Å². The molecule has 0 bridgehead atoms. The maximum absolute atomic E-state index is 13.0. The molecule has 0 atom stereocenters. The summed E-state index contributed by atoms with van der Waals surface area (Å²) in [5.41, 5.74) is 0.543. The van der Waals surface area contributed by atoms with Gasteiger partial charge in [0.1, 0.15) is 10.4 Å². The van der Waals surface area contributed by atoms with Crippen LogP contribution >= 0.6 is 39.1 Å². The molecule has 0 aliphatic heterocycles. The van der Waals surface area contributed by atoms with Crippen molar-refractivity contribution >= 4 is 50.7 Å². The fraction of sp³-hybridized carbons (Fsp3) is 0. The maximum atomic E-state index is 13.0. The van der Waals surface area contributed by atoms with E-state index in [9.17, 15) is 9.18 Å². The summed E-state index contributed by atoms with van der Waals surface area (Å²) in [5, 5.41) is 2.60. The molecule has 0 spiro atoms. The van der Waals surface area contributed by atoms with E-state index in [4.69, 9.17) is 23.2 Å². The molecule has 0 aliphatic rings. The van der Waals surface area contributed by atoms with Crippen LogP contribution < -0.4 is 5.32 Å². The maximum Gasteiger partial charge on any atom is 0.255 e. The first-order valence-electron chi connectivity index (χ1n) is 5.05. The molecule has 1 aromatic carbocycles. The van der Waals surface area contributed by atoms with Crippen LogP contribution in [-0.2, 0) is 0 Å². The molecular weight excluding hydrogens is 358 g/mol. The molecule has 1 N–H and O–H groups in total. The van der Waals surface area contributed by atoms with Crippen molar-refractivity contribution in [1.29, 1.82) is 0 Å². The number of carbonyl (C=O) groups excluding carboxylic acids is 1. The van der Waals surface area contributed by atoms with Crippen LogP contribution in [0.3, 0.4) is 0 Å². The van der Waals surface area contributed by atoms with Crippen LogP contribution in [0.15, 0.2) is 35.1 Å². The SMILES string of the molecule is O=C(Nc1c(Cl)cc(F)cc1Cl)c1ccnc(Br)c1. The number of benzene rings is 1. The normalized spacial score (nSPS) is 10.3. The number of aromatic nitrogens is 1. The second kappa shape index (κ2) is 5.86. The molecule has 1 amide bonds. The van der Waals surface area contributed by atoms with Crippen molar-refractivity contribution < 1.29 is 9.18 Å². The minimum atomic E-state index is -0.570. The first-order valence-corrected chi connectivity index (χ1v) is 6.59. The number of hydrogen-bond acceptors (Lipinski definition) is 2. The molecule has 7 heteroatoms. The largest absolute Gasteiger partial charge is 0.319 e. The van der Waals surface area contributed by atoms with Gasteiger partial charge in [-0.25, -0.2) is 9.37 Å². The van der Waals surface area contributed by atoms with Crippen LogP contribution in [0.4, 0.5) is 10.1 Å². The molecule has 0 saturated carbocycles. The highest BCUT2D eigenvalue weighted by Gasteiger charge is 2.13. The summed E-state index contributed by atoms with van der Waals surface area (Å²) >= 11 is 14.8. The third kappa shape index (κ3) is 3.43. The molecule has 1 aromatic heterocycles. The van der Waals surface area contributed by atoms with Gasteiger partial charge < -0.3 is 5.32 Å². The molecule has 2 rings (SSSR count). The Morgan fingerprint density at radius 2 is 1.89 bits per heavy atom. The van der Waals surface area contributed by atoms with Gasteiger partial charge in [-0.2, -0.15) is 0 Å². The molecule has 0 aliphatic carbocycles. The Balaban J connectivity index is 2.29. The van der Waals surface area contributed by atoms with E-state index in [-0.39, 0.29) is 15.7 Å². The zero-order valence-electron chi connectivity index (χ0n) is 9.25. The van der Waals surface area contributed by atoms with Crippen LogP contribution in [0.25, 0.3) is 0 Å². The number of amides is 1. The number of hydrogen-bond donors (Lipinski definition) is 1.